The molecule has 0 saturated carbocycles. The lowest BCUT2D eigenvalue weighted by molar-refractivity contribution is 0.254. The van der Waals surface area contributed by atoms with Gasteiger partial charge in [0.25, 0.3) is 0 Å². The first kappa shape index (κ1) is 11.4. The van der Waals surface area contributed by atoms with Crippen molar-refractivity contribution in [2.24, 2.45) is 5.73 Å². The highest BCUT2D eigenvalue weighted by Gasteiger charge is 2.11. The average Bonchev–Trinajstić information content (AvgIpc) is 2.13. The van der Waals surface area contributed by atoms with Crippen LogP contribution < -0.4 is 10.5 Å². The molecule has 0 radical (unpaired) electrons. The predicted molar refractivity (Wildman–Crippen MR) is 55.0 cm³/mol. The number of nitrogens with two attached hydrogens (primary N) is 1. The van der Waals surface area contributed by atoms with Gasteiger partial charge in [0.2, 0.25) is 0 Å². The zero-order valence-electron chi connectivity index (χ0n) is 6.68. The number of nitrogens with one attached hydrogen (secondary N) is 1. The monoisotopic (exact) mass is 254 g/mol. The lowest BCUT2D eigenvalue weighted by atomic mass is 10.3. The van der Waals surface area contributed by atoms with E-state index in [0.29, 0.717) is 0 Å². The molecule has 7 heteroatoms. The topological polar surface area (TPSA) is 55.1 Å². The van der Waals surface area contributed by atoms with Crippen LogP contribution in [-0.4, -0.2) is 6.03 Å². The van der Waals surface area contributed by atoms with E-state index >= 15 is 0 Å². The molecule has 0 spiro atoms. The summed E-state index contributed by atoms with van der Waals surface area (Å²) in [6, 6.07) is 2.06. The number of amides is 2. The molecule has 1 aromatic rings. The molecule has 0 saturated heterocycles. The molecular weight excluding hydrogens is 250 g/mol. The summed E-state index contributed by atoms with van der Waals surface area (Å²) < 4.78 is 15.4. The minimum atomic E-state index is -0.763. The van der Waals surface area contributed by atoms with Crippen molar-refractivity contribution in [3.05, 3.63) is 28.0 Å². The number of hydrogen-bond acceptors (Lipinski definition) is 2. The van der Waals surface area contributed by atoms with Gasteiger partial charge in [-0.25, -0.2) is 9.18 Å². The molecule has 0 aromatic heterocycles. The van der Waals surface area contributed by atoms with E-state index in [1.54, 1.807) is 0 Å². The third kappa shape index (κ3) is 2.67. The quantitative estimate of drug-likeness (QED) is 0.630. The number of urea groups is 1. The smallest absolute Gasteiger partial charge is 0.322 e. The maximum atomic E-state index is 13.3. The molecule has 0 aliphatic heterocycles. The molecule has 1 aromatic carbocycles. The Morgan fingerprint density at radius 2 is 2.14 bits per heavy atom. The lowest BCUT2D eigenvalue weighted by Crippen LogP contribution is -2.22. The maximum absolute atomic E-state index is 13.3. The second-order valence-corrected chi connectivity index (χ2v) is 3.88. The van der Waals surface area contributed by atoms with Crippen LogP contribution in [0.15, 0.2) is 17.0 Å². The van der Waals surface area contributed by atoms with Gasteiger partial charge >= 0.3 is 6.03 Å². The van der Waals surface area contributed by atoms with Crippen LogP contribution in [0.4, 0.5) is 9.18 Å². The fraction of sp³-hybridized carbons (Fsp3) is 0. The molecule has 0 unspecified atom stereocenters. The van der Waals surface area contributed by atoms with Gasteiger partial charge in [-0.2, -0.15) is 0 Å². The summed E-state index contributed by atoms with van der Waals surface area (Å²) in [6.45, 7) is 0. The third-order valence-corrected chi connectivity index (χ3v) is 2.88. The molecule has 0 bridgehead atoms. The largest absolute Gasteiger partial charge is 0.351 e. The van der Waals surface area contributed by atoms with Gasteiger partial charge in [-0.15, -0.1) is 0 Å². The van der Waals surface area contributed by atoms with Gasteiger partial charge in [0.05, 0.1) is 14.9 Å². The van der Waals surface area contributed by atoms with Crippen LogP contribution in [0, 0.1) is 5.82 Å². The molecule has 0 heterocycles. The van der Waals surface area contributed by atoms with E-state index in [4.69, 9.17) is 28.9 Å². The highest BCUT2D eigenvalue weighted by Crippen LogP contribution is 2.31. The number of benzene rings is 1. The zero-order chi connectivity index (χ0) is 10.7. The predicted octanol–water partition coefficient (Wildman–Crippen LogP) is 2.81. The van der Waals surface area contributed by atoms with Gasteiger partial charge in [0.15, 0.2) is 5.82 Å². The van der Waals surface area contributed by atoms with Crippen LogP contribution >= 0.6 is 35.1 Å². The molecule has 2 amide bonds. The highest BCUT2D eigenvalue weighted by atomic mass is 35.5. The molecule has 1 rings (SSSR count). The van der Waals surface area contributed by atoms with E-state index in [1.807, 2.05) is 0 Å². The van der Waals surface area contributed by atoms with Gasteiger partial charge in [0, 0.05) is 0 Å². The van der Waals surface area contributed by atoms with Crippen LogP contribution in [-0.2, 0) is 0 Å². The molecule has 3 N–H and O–H groups in total. The minimum Gasteiger partial charge on any atom is -0.351 e. The van der Waals surface area contributed by atoms with E-state index in [2.05, 4.69) is 4.72 Å². The SMILES string of the molecule is NC(=O)NSc1ccc(Cl)c(Cl)c1F. The van der Waals surface area contributed by atoms with Gasteiger partial charge in [0.1, 0.15) is 0 Å². The van der Waals surface area contributed by atoms with E-state index in [-0.39, 0.29) is 14.9 Å². The Kier molecular flexibility index (Phi) is 3.86. The fourth-order valence-electron chi connectivity index (χ4n) is 0.692. The van der Waals surface area contributed by atoms with Crippen molar-refractivity contribution >= 4 is 41.2 Å². The first-order valence-corrected chi connectivity index (χ1v) is 4.95. The van der Waals surface area contributed by atoms with Crippen LogP contribution in [0.1, 0.15) is 0 Å². The van der Waals surface area contributed by atoms with E-state index in [9.17, 15) is 9.18 Å². The Balaban J connectivity index is 2.88. The van der Waals surface area contributed by atoms with Crippen molar-refractivity contribution in [1.29, 1.82) is 0 Å². The van der Waals surface area contributed by atoms with E-state index in [0.717, 1.165) is 11.9 Å². The molecule has 76 valence electrons. The summed E-state index contributed by atoms with van der Waals surface area (Å²) in [5.41, 5.74) is 4.81. The molecule has 0 atom stereocenters. The number of carbonyl (C=O) groups excluding carboxylic acids is 1. The standard InChI is InChI=1S/C7H5Cl2FN2OS/c8-3-1-2-4(6(10)5(3)9)14-12-7(11)13/h1-2H,(H3,11,12,13). The number of hydrogen-bond donors (Lipinski definition) is 2. The summed E-state index contributed by atoms with van der Waals surface area (Å²) in [5, 5.41) is -0.0597. The maximum Gasteiger partial charge on any atom is 0.322 e. The van der Waals surface area contributed by atoms with Gasteiger partial charge in [-0.3, -0.25) is 4.72 Å². The lowest BCUT2D eigenvalue weighted by Gasteiger charge is -2.04. The van der Waals surface area contributed by atoms with Crippen molar-refractivity contribution < 1.29 is 9.18 Å². The Bertz CT molecular complexity index is 375. The van der Waals surface area contributed by atoms with Gasteiger partial charge in [-0.05, 0) is 24.1 Å². The normalized spacial score (nSPS) is 9.93. The van der Waals surface area contributed by atoms with Crippen LogP contribution in [0.5, 0.6) is 0 Å². The molecule has 0 fully saturated rings. The zero-order valence-corrected chi connectivity index (χ0v) is 9.01. The molecule has 3 nitrogen and oxygen atoms in total. The van der Waals surface area contributed by atoms with Gasteiger partial charge < -0.3 is 5.73 Å². The Labute approximate surface area is 93.9 Å². The second kappa shape index (κ2) is 4.72. The highest BCUT2D eigenvalue weighted by molar-refractivity contribution is 7.98. The summed E-state index contributed by atoms with van der Waals surface area (Å²) >= 11 is 11.8. The van der Waals surface area contributed by atoms with Crippen molar-refractivity contribution in [2.75, 3.05) is 0 Å². The Morgan fingerprint density at radius 3 is 2.71 bits per heavy atom. The van der Waals surface area contributed by atoms with Gasteiger partial charge in [-0.1, -0.05) is 23.2 Å². The van der Waals surface area contributed by atoms with Crippen molar-refractivity contribution in [1.82, 2.24) is 4.72 Å². The third-order valence-electron chi connectivity index (χ3n) is 1.26. The van der Waals surface area contributed by atoms with Crippen molar-refractivity contribution in [2.45, 2.75) is 4.90 Å². The second-order valence-electron chi connectivity index (χ2n) is 2.24. The number of primary amides is 1. The summed E-state index contributed by atoms with van der Waals surface area (Å²) in [7, 11) is 0. The number of rotatable bonds is 2. The summed E-state index contributed by atoms with van der Waals surface area (Å²) in [4.78, 5) is 10.5. The van der Waals surface area contributed by atoms with Crippen molar-refractivity contribution in [3.8, 4) is 0 Å². The van der Waals surface area contributed by atoms with Crippen LogP contribution in [0.25, 0.3) is 0 Å². The molecule has 14 heavy (non-hydrogen) atoms. The average molecular weight is 255 g/mol. The first-order valence-electron chi connectivity index (χ1n) is 3.38. The van der Waals surface area contributed by atoms with E-state index < -0.39 is 11.8 Å². The number of halogens is 3. The Hall–Kier alpha value is -0.650. The van der Waals surface area contributed by atoms with E-state index in [1.165, 1.54) is 12.1 Å². The van der Waals surface area contributed by atoms with Crippen molar-refractivity contribution in [3.63, 3.8) is 0 Å². The number of carbonyl (C=O) groups is 1. The molecule has 0 aliphatic rings. The fourth-order valence-corrected chi connectivity index (χ4v) is 1.60. The summed E-state index contributed by atoms with van der Waals surface area (Å²) in [5.74, 6) is -0.682. The summed E-state index contributed by atoms with van der Waals surface area (Å²) in [6.07, 6.45) is 0. The molecule has 0 aliphatic carbocycles. The Morgan fingerprint density at radius 1 is 1.50 bits per heavy atom. The van der Waals surface area contributed by atoms with Crippen LogP contribution in [0.3, 0.4) is 0 Å². The molecular formula is C7H5Cl2FN2OS. The minimum absolute atomic E-state index is 0.118. The first-order chi connectivity index (χ1) is 6.52. The van der Waals surface area contributed by atoms with Crippen LogP contribution in [0.2, 0.25) is 10.0 Å².